The number of benzene rings is 2. The van der Waals surface area contributed by atoms with Crippen LogP contribution in [-0.4, -0.2) is 68.4 Å². The second-order valence-corrected chi connectivity index (χ2v) is 11.9. The Morgan fingerprint density at radius 1 is 1.03 bits per heavy atom. The van der Waals surface area contributed by atoms with Gasteiger partial charge in [-0.1, -0.05) is 29.8 Å². The summed E-state index contributed by atoms with van der Waals surface area (Å²) in [4.78, 5) is 17.4. The standard InChI is InChI=1S/C24H33N3O4S2/c1-19-9-11-20(12-10-19)33(29,30)25-21-7-5-6-8-22(21)32-18-17-26-13-15-27(16-14-26)23(28)31-24(2,3)4/h5-12,25H,13-18H2,1-4H3. The number of hydrogen-bond donors (Lipinski definition) is 1. The van der Waals surface area contributed by atoms with Crippen LogP contribution in [0, 0.1) is 6.92 Å². The van der Waals surface area contributed by atoms with Crippen LogP contribution in [-0.2, 0) is 14.8 Å². The molecule has 3 rings (SSSR count). The van der Waals surface area contributed by atoms with E-state index < -0.39 is 15.6 Å². The second-order valence-electron chi connectivity index (χ2n) is 9.07. The quantitative estimate of drug-likeness (QED) is 0.577. The van der Waals surface area contributed by atoms with Gasteiger partial charge in [0, 0.05) is 43.4 Å². The van der Waals surface area contributed by atoms with E-state index in [-0.39, 0.29) is 11.0 Å². The lowest BCUT2D eigenvalue weighted by Gasteiger charge is -2.35. The average Bonchev–Trinajstić information content (AvgIpc) is 2.74. The molecule has 2 aromatic carbocycles. The van der Waals surface area contributed by atoms with E-state index in [9.17, 15) is 13.2 Å². The Morgan fingerprint density at radius 2 is 1.67 bits per heavy atom. The molecule has 0 spiro atoms. The smallest absolute Gasteiger partial charge is 0.410 e. The van der Waals surface area contributed by atoms with Gasteiger partial charge >= 0.3 is 6.09 Å². The zero-order valence-corrected chi connectivity index (χ0v) is 21.3. The van der Waals surface area contributed by atoms with Crippen molar-refractivity contribution in [2.45, 2.75) is 43.1 Å². The fourth-order valence-electron chi connectivity index (χ4n) is 3.36. The predicted octanol–water partition coefficient (Wildman–Crippen LogP) is 4.44. The van der Waals surface area contributed by atoms with E-state index in [1.165, 1.54) is 0 Å². The second kappa shape index (κ2) is 10.8. The van der Waals surface area contributed by atoms with Gasteiger partial charge in [-0.2, -0.15) is 0 Å². The molecule has 0 bridgehead atoms. The number of piperazine rings is 1. The van der Waals surface area contributed by atoms with Crippen molar-refractivity contribution in [3.63, 3.8) is 0 Å². The summed E-state index contributed by atoms with van der Waals surface area (Å²) in [5.74, 6) is 0.815. The molecule has 180 valence electrons. The van der Waals surface area contributed by atoms with Gasteiger partial charge in [0.1, 0.15) is 5.60 Å². The summed E-state index contributed by atoms with van der Waals surface area (Å²) in [6, 6.07) is 14.3. The SMILES string of the molecule is Cc1ccc(S(=O)(=O)Nc2ccccc2SCCN2CCN(C(=O)OC(C)(C)C)CC2)cc1. The molecule has 0 aromatic heterocycles. The number of aryl methyl sites for hydroxylation is 1. The lowest BCUT2D eigenvalue weighted by atomic mass is 10.2. The number of hydrogen-bond acceptors (Lipinski definition) is 6. The molecule has 7 nitrogen and oxygen atoms in total. The van der Waals surface area contributed by atoms with Gasteiger partial charge in [-0.15, -0.1) is 11.8 Å². The van der Waals surface area contributed by atoms with Crippen molar-refractivity contribution in [3.05, 3.63) is 54.1 Å². The molecule has 1 heterocycles. The van der Waals surface area contributed by atoms with Crippen molar-refractivity contribution >= 4 is 33.6 Å². The van der Waals surface area contributed by atoms with Crippen LogP contribution in [0.25, 0.3) is 0 Å². The van der Waals surface area contributed by atoms with Crippen LogP contribution in [0.1, 0.15) is 26.3 Å². The molecule has 1 aliphatic heterocycles. The fraction of sp³-hybridized carbons (Fsp3) is 0.458. The third-order valence-electron chi connectivity index (χ3n) is 5.15. The molecular weight excluding hydrogens is 458 g/mol. The highest BCUT2D eigenvalue weighted by Crippen LogP contribution is 2.29. The molecule has 1 aliphatic rings. The number of carbonyl (C=O) groups excluding carboxylic acids is 1. The maximum Gasteiger partial charge on any atom is 0.410 e. The van der Waals surface area contributed by atoms with E-state index in [0.717, 1.165) is 35.8 Å². The van der Waals surface area contributed by atoms with Gasteiger partial charge in [-0.25, -0.2) is 13.2 Å². The molecule has 9 heteroatoms. The summed E-state index contributed by atoms with van der Waals surface area (Å²) in [5.41, 5.74) is 1.11. The largest absolute Gasteiger partial charge is 0.444 e. The minimum atomic E-state index is -3.65. The van der Waals surface area contributed by atoms with Gasteiger partial charge in [-0.05, 0) is 52.0 Å². The molecule has 0 saturated carbocycles. The van der Waals surface area contributed by atoms with Crippen LogP contribution in [0.15, 0.2) is 58.3 Å². The van der Waals surface area contributed by atoms with E-state index in [1.54, 1.807) is 47.0 Å². The van der Waals surface area contributed by atoms with E-state index in [4.69, 9.17) is 4.74 Å². The number of nitrogens with zero attached hydrogens (tertiary/aromatic N) is 2. The molecule has 2 aromatic rings. The molecular formula is C24H33N3O4S2. The monoisotopic (exact) mass is 491 g/mol. The highest BCUT2D eigenvalue weighted by molar-refractivity contribution is 7.99. The molecule has 1 N–H and O–H groups in total. The Labute approximate surface area is 201 Å². The first-order valence-electron chi connectivity index (χ1n) is 11.1. The molecule has 0 radical (unpaired) electrons. The fourth-order valence-corrected chi connectivity index (χ4v) is 5.53. The summed E-state index contributed by atoms with van der Waals surface area (Å²) >= 11 is 1.62. The zero-order valence-electron chi connectivity index (χ0n) is 19.7. The highest BCUT2D eigenvalue weighted by atomic mass is 32.2. The first-order valence-corrected chi connectivity index (χ1v) is 13.5. The minimum Gasteiger partial charge on any atom is -0.444 e. The predicted molar refractivity (Wildman–Crippen MR) is 133 cm³/mol. The van der Waals surface area contributed by atoms with Gasteiger partial charge in [0.05, 0.1) is 10.6 Å². The van der Waals surface area contributed by atoms with Crippen LogP contribution >= 0.6 is 11.8 Å². The normalized spacial score (nSPS) is 15.3. The van der Waals surface area contributed by atoms with Crippen LogP contribution in [0.4, 0.5) is 10.5 Å². The van der Waals surface area contributed by atoms with Gasteiger partial charge in [0.2, 0.25) is 0 Å². The van der Waals surface area contributed by atoms with Gasteiger partial charge in [0.15, 0.2) is 0 Å². The Kier molecular flexibility index (Phi) is 8.31. The number of nitrogens with one attached hydrogen (secondary N) is 1. The topological polar surface area (TPSA) is 79.0 Å². The zero-order chi connectivity index (χ0) is 24.1. The number of anilines is 1. The summed E-state index contributed by atoms with van der Waals surface area (Å²) in [6.07, 6.45) is -0.258. The van der Waals surface area contributed by atoms with Crippen molar-refractivity contribution in [1.82, 2.24) is 9.80 Å². The number of amides is 1. The molecule has 1 amide bonds. The number of carbonyl (C=O) groups is 1. The Bertz CT molecular complexity index is 1040. The molecule has 0 unspecified atom stereocenters. The summed E-state index contributed by atoms with van der Waals surface area (Å²) < 4.78 is 33.8. The lowest BCUT2D eigenvalue weighted by molar-refractivity contribution is 0.0150. The minimum absolute atomic E-state index is 0.246. The molecule has 0 aliphatic carbocycles. The van der Waals surface area contributed by atoms with E-state index in [1.807, 2.05) is 45.9 Å². The van der Waals surface area contributed by atoms with Crippen molar-refractivity contribution in [2.24, 2.45) is 0 Å². The van der Waals surface area contributed by atoms with Gasteiger partial charge < -0.3 is 9.64 Å². The lowest BCUT2D eigenvalue weighted by Crippen LogP contribution is -2.50. The van der Waals surface area contributed by atoms with Crippen molar-refractivity contribution in [2.75, 3.05) is 43.2 Å². The third kappa shape index (κ3) is 7.65. The molecule has 0 atom stereocenters. The van der Waals surface area contributed by atoms with E-state index in [2.05, 4.69) is 9.62 Å². The number of ether oxygens (including phenoxy) is 1. The summed E-state index contributed by atoms with van der Waals surface area (Å²) in [5, 5.41) is 0. The van der Waals surface area contributed by atoms with E-state index >= 15 is 0 Å². The maximum absolute atomic E-state index is 12.8. The average molecular weight is 492 g/mol. The number of para-hydroxylation sites is 1. The number of thioether (sulfide) groups is 1. The van der Waals surface area contributed by atoms with Crippen molar-refractivity contribution < 1.29 is 17.9 Å². The molecule has 1 saturated heterocycles. The first kappa shape index (κ1) is 25.4. The van der Waals surface area contributed by atoms with Crippen LogP contribution in [0.2, 0.25) is 0 Å². The van der Waals surface area contributed by atoms with Crippen LogP contribution in [0.3, 0.4) is 0 Å². The number of rotatable bonds is 7. The first-order chi connectivity index (χ1) is 15.5. The van der Waals surface area contributed by atoms with Gasteiger partial charge in [-0.3, -0.25) is 9.62 Å². The maximum atomic E-state index is 12.8. The molecule has 33 heavy (non-hydrogen) atoms. The van der Waals surface area contributed by atoms with Crippen molar-refractivity contribution in [3.8, 4) is 0 Å². The Hall–Kier alpha value is -2.23. The highest BCUT2D eigenvalue weighted by Gasteiger charge is 2.25. The van der Waals surface area contributed by atoms with Gasteiger partial charge in [0.25, 0.3) is 10.0 Å². The molecule has 1 fully saturated rings. The Balaban J connectivity index is 1.51. The van der Waals surface area contributed by atoms with Crippen LogP contribution in [0.5, 0.6) is 0 Å². The van der Waals surface area contributed by atoms with Crippen LogP contribution < -0.4 is 4.72 Å². The number of sulfonamides is 1. The summed E-state index contributed by atoms with van der Waals surface area (Å²) in [6.45, 7) is 11.3. The van der Waals surface area contributed by atoms with E-state index in [0.29, 0.717) is 18.8 Å². The summed E-state index contributed by atoms with van der Waals surface area (Å²) in [7, 11) is -3.65. The van der Waals surface area contributed by atoms with Crippen molar-refractivity contribution in [1.29, 1.82) is 0 Å². The third-order valence-corrected chi connectivity index (χ3v) is 7.59. The Morgan fingerprint density at radius 3 is 2.30 bits per heavy atom.